The first-order chi connectivity index (χ1) is 8.11. The van der Waals surface area contributed by atoms with Gasteiger partial charge in [0, 0.05) is 11.3 Å². The van der Waals surface area contributed by atoms with Crippen molar-refractivity contribution in [2.45, 2.75) is 70.2 Å². The third-order valence-corrected chi connectivity index (χ3v) is 4.71. The van der Waals surface area contributed by atoms with Gasteiger partial charge in [-0.2, -0.15) is 17.0 Å². The van der Waals surface area contributed by atoms with Crippen LogP contribution < -0.4 is 5.32 Å². The molecule has 1 aliphatic rings. The third-order valence-electron chi connectivity index (χ3n) is 3.34. The minimum Gasteiger partial charge on any atom is -0.300 e. The zero-order valence-corrected chi connectivity index (χ0v) is 12.2. The normalized spacial score (nSPS) is 26.8. The molecule has 1 N–H and O–H groups in total. The predicted molar refractivity (Wildman–Crippen MR) is 76.2 cm³/mol. The van der Waals surface area contributed by atoms with Gasteiger partial charge in [0.15, 0.2) is 0 Å². The van der Waals surface area contributed by atoms with E-state index >= 15 is 0 Å². The highest BCUT2D eigenvalue weighted by Gasteiger charge is 2.19. The molecular weight excluding hydrogens is 228 g/mol. The van der Waals surface area contributed by atoms with Gasteiger partial charge in [0.25, 0.3) is 0 Å². The van der Waals surface area contributed by atoms with Crippen molar-refractivity contribution in [2.75, 3.05) is 5.75 Å². The molecular formula is C14H26N2S. The number of thioether (sulfide) groups is 1. The van der Waals surface area contributed by atoms with Crippen molar-refractivity contribution >= 4 is 11.8 Å². The van der Waals surface area contributed by atoms with Crippen LogP contribution >= 0.6 is 11.8 Å². The van der Waals surface area contributed by atoms with E-state index in [-0.39, 0.29) is 6.04 Å². The average molecular weight is 254 g/mol. The zero-order valence-electron chi connectivity index (χ0n) is 11.4. The lowest BCUT2D eigenvalue weighted by atomic mass is 9.91. The Hall–Kier alpha value is -0.200. The maximum Gasteiger partial charge on any atom is 0.0962 e. The molecule has 3 atom stereocenters. The number of hydrogen-bond donors (Lipinski definition) is 1. The first-order valence-electron chi connectivity index (χ1n) is 6.89. The molecule has 1 aliphatic carbocycles. The summed E-state index contributed by atoms with van der Waals surface area (Å²) >= 11 is 2.08. The summed E-state index contributed by atoms with van der Waals surface area (Å²) in [5.41, 5.74) is 0. The van der Waals surface area contributed by atoms with E-state index in [0.29, 0.717) is 6.04 Å². The Morgan fingerprint density at radius 3 is 2.76 bits per heavy atom. The van der Waals surface area contributed by atoms with E-state index in [9.17, 15) is 0 Å². The van der Waals surface area contributed by atoms with E-state index in [1.54, 1.807) is 0 Å². The molecule has 1 fully saturated rings. The van der Waals surface area contributed by atoms with Crippen LogP contribution in [0.2, 0.25) is 0 Å². The standard InChI is InChI=1S/C14H26N2S/c1-11(2)16-13(10-15)7-8-17-14-6-4-5-12(3)9-14/h11-14,16H,4-9H2,1-3H3. The Labute approximate surface area is 111 Å². The lowest BCUT2D eigenvalue weighted by Crippen LogP contribution is -2.34. The molecule has 0 radical (unpaired) electrons. The molecule has 0 heterocycles. The Bertz CT molecular complexity index is 247. The second-order valence-electron chi connectivity index (χ2n) is 5.56. The quantitative estimate of drug-likeness (QED) is 0.787. The summed E-state index contributed by atoms with van der Waals surface area (Å²) in [6.45, 7) is 6.56. The highest BCUT2D eigenvalue weighted by molar-refractivity contribution is 7.99. The van der Waals surface area contributed by atoms with Crippen molar-refractivity contribution < 1.29 is 0 Å². The Balaban J connectivity index is 2.15. The highest BCUT2D eigenvalue weighted by Crippen LogP contribution is 2.32. The summed E-state index contributed by atoms with van der Waals surface area (Å²) in [5.74, 6) is 2.02. The average Bonchev–Trinajstić information content (AvgIpc) is 2.27. The lowest BCUT2D eigenvalue weighted by Gasteiger charge is -2.26. The van der Waals surface area contributed by atoms with Gasteiger partial charge in [-0.1, -0.05) is 19.8 Å². The fraction of sp³-hybridized carbons (Fsp3) is 0.929. The van der Waals surface area contributed by atoms with Gasteiger partial charge >= 0.3 is 0 Å². The molecule has 2 nitrogen and oxygen atoms in total. The fourth-order valence-electron chi connectivity index (χ4n) is 2.47. The molecule has 98 valence electrons. The predicted octanol–water partition coefficient (Wildman–Crippen LogP) is 3.58. The Morgan fingerprint density at radius 1 is 1.41 bits per heavy atom. The number of rotatable bonds is 6. The van der Waals surface area contributed by atoms with Gasteiger partial charge in [-0.3, -0.25) is 5.32 Å². The minimum absolute atomic E-state index is 0.0310. The van der Waals surface area contributed by atoms with E-state index in [2.05, 4.69) is 43.9 Å². The SMILES string of the molecule is CC1CCCC(SCCC(C#N)NC(C)C)C1. The fourth-order valence-corrected chi connectivity index (χ4v) is 3.97. The molecule has 1 rings (SSSR count). The van der Waals surface area contributed by atoms with Crippen LogP contribution in [-0.4, -0.2) is 23.1 Å². The van der Waals surface area contributed by atoms with Gasteiger partial charge in [0.2, 0.25) is 0 Å². The monoisotopic (exact) mass is 254 g/mol. The molecule has 0 saturated heterocycles. The van der Waals surface area contributed by atoms with E-state index < -0.39 is 0 Å². The molecule has 0 aromatic heterocycles. The molecule has 0 amide bonds. The topological polar surface area (TPSA) is 35.8 Å². The van der Waals surface area contributed by atoms with Gasteiger partial charge in [-0.05, 0) is 44.8 Å². The lowest BCUT2D eigenvalue weighted by molar-refractivity contribution is 0.394. The summed E-state index contributed by atoms with van der Waals surface area (Å²) < 4.78 is 0. The molecule has 0 bridgehead atoms. The molecule has 0 spiro atoms. The van der Waals surface area contributed by atoms with E-state index in [1.807, 2.05) is 0 Å². The van der Waals surface area contributed by atoms with Crippen LogP contribution in [0.5, 0.6) is 0 Å². The van der Waals surface area contributed by atoms with Crippen LogP contribution in [0.3, 0.4) is 0 Å². The zero-order chi connectivity index (χ0) is 12.7. The second kappa shape index (κ2) is 8.00. The summed E-state index contributed by atoms with van der Waals surface area (Å²) in [4.78, 5) is 0. The van der Waals surface area contributed by atoms with Crippen molar-refractivity contribution in [3.63, 3.8) is 0 Å². The number of nitrogens with zero attached hydrogens (tertiary/aromatic N) is 1. The molecule has 1 saturated carbocycles. The first kappa shape index (κ1) is 14.9. The Kier molecular flexibility index (Phi) is 6.99. The first-order valence-corrected chi connectivity index (χ1v) is 7.94. The van der Waals surface area contributed by atoms with Crippen LogP contribution in [0.25, 0.3) is 0 Å². The van der Waals surface area contributed by atoms with Crippen LogP contribution in [0.4, 0.5) is 0 Å². The molecule has 0 aromatic rings. The highest BCUT2D eigenvalue weighted by atomic mass is 32.2. The molecule has 3 heteroatoms. The molecule has 0 aliphatic heterocycles. The maximum absolute atomic E-state index is 9.03. The van der Waals surface area contributed by atoms with Gasteiger partial charge in [-0.15, -0.1) is 0 Å². The molecule has 17 heavy (non-hydrogen) atoms. The van der Waals surface area contributed by atoms with Crippen molar-refractivity contribution in [1.82, 2.24) is 5.32 Å². The second-order valence-corrected chi connectivity index (χ2v) is 6.96. The number of nitrogens with one attached hydrogen (secondary N) is 1. The van der Waals surface area contributed by atoms with Crippen molar-refractivity contribution in [3.05, 3.63) is 0 Å². The van der Waals surface area contributed by atoms with Crippen LogP contribution in [-0.2, 0) is 0 Å². The smallest absolute Gasteiger partial charge is 0.0962 e. The summed E-state index contributed by atoms with van der Waals surface area (Å²) in [6, 6.07) is 2.79. The van der Waals surface area contributed by atoms with Gasteiger partial charge in [0.1, 0.15) is 0 Å². The largest absolute Gasteiger partial charge is 0.300 e. The van der Waals surface area contributed by atoms with Crippen molar-refractivity contribution in [1.29, 1.82) is 5.26 Å². The van der Waals surface area contributed by atoms with E-state index in [1.165, 1.54) is 25.7 Å². The molecule has 3 unspecified atom stereocenters. The van der Waals surface area contributed by atoms with Crippen LogP contribution in [0.15, 0.2) is 0 Å². The van der Waals surface area contributed by atoms with Crippen molar-refractivity contribution in [3.8, 4) is 6.07 Å². The van der Waals surface area contributed by atoms with Gasteiger partial charge in [-0.25, -0.2) is 0 Å². The summed E-state index contributed by atoms with van der Waals surface area (Å²) in [7, 11) is 0. The summed E-state index contributed by atoms with van der Waals surface area (Å²) in [6.07, 6.45) is 6.53. The van der Waals surface area contributed by atoms with E-state index in [4.69, 9.17) is 5.26 Å². The minimum atomic E-state index is 0.0310. The molecule has 0 aromatic carbocycles. The Morgan fingerprint density at radius 2 is 2.18 bits per heavy atom. The van der Waals surface area contributed by atoms with Crippen LogP contribution in [0.1, 0.15) is 52.9 Å². The van der Waals surface area contributed by atoms with Gasteiger partial charge in [0.05, 0.1) is 12.1 Å². The summed E-state index contributed by atoms with van der Waals surface area (Å²) in [5, 5.41) is 13.2. The third kappa shape index (κ3) is 6.33. The van der Waals surface area contributed by atoms with Crippen molar-refractivity contribution in [2.24, 2.45) is 5.92 Å². The van der Waals surface area contributed by atoms with Gasteiger partial charge < -0.3 is 0 Å². The van der Waals surface area contributed by atoms with Crippen LogP contribution in [0, 0.1) is 17.2 Å². The maximum atomic E-state index is 9.03. The van der Waals surface area contributed by atoms with E-state index in [0.717, 1.165) is 23.3 Å². The number of nitriles is 1. The number of hydrogen-bond acceptors (Lipinski definition) is 3.